The Morgan fingerprint density at radius 1 is 1.38 bits per heavy atom. The lowest BCUT2D eigenvalue weighted by atomic mass is 9.81. The molecule has 0 bridgehead atoms. The van der Waals surface area contributed by atoms with Crippen LogP contribution in [0.25, 0.3) is 0 Å². The molecule has 0 saturated heterocycles. The summed E-state index contributed by atoms with van der Waals surface area (Å²) in [6.07, 6.45) is 8.70. The van der Waals surface area contributed by atoms with E-state index >= 15 is 0 Å². The van der Waals surface area contributed by atoms with Crippen LogP contribution >= 0.6 is 0 Å². The average molecular weight is 181 g/mol. The van der Waals surface area contributed by atoms with Gasteiger partial charge in [-0.2, -0.15) is 0 Å². The molecular formula is C12H23N. The van der Waals surface area contributed by atoms with Crippen molar-refractivity contribution < 1.29 is 0 Å². The van der Waals surface area contributed by atoms with E-state index in [0.717, 1.165) is 23.9 Å². The van der Waals surface area contributed by atoms with Crippen LogP contribution in [-0.2, 0) is 0 Å². The minimum absolute atomic E-state index is 0.770. The van der Waals surface area contributed by atoms with E-state index in [-0.39, 0.29) is 0 Å². The van der Waals surface area contributed by atoms with Crippen molar-refractivity contribution in [3.8, 4) is 0 Å². The second kappa shape index (κ2) is 4.00. The Balaban J connectivity index is 1.58. The van der Waals surface area contributed by atoms with Crippen LogP contribution in [0.15, 0.2) is 0 Å². The van der Waals surface area contributed by atoms with E-state index in [1.165, 1.54) is 38.5 Å². The van der Waals surface area contributed by atoms with Crippen LogP contribution < -0.4 is 5.32 Å². The highest BCUT2D eigenvalue weighted by molar-refractivity contribution is 4.93. The van der Waals surface area contributed by atoms with Crippen molar-refractivity contribution in [1.82, 2.24) is 5.32 Å². The lowest BCUT2D eigenvalue weighted by Crippen LogP contribution is -2.32. The van der Waals surface area contributed by atoms with Gasteiger partial charge in [-0.3, -0.25) is 0 Å². The van der Waals surface area contributed by atoms with Gasteiger partial charge >= 0.3 is 0 Å². The third-order valence-electron chi connectivity index (χ3n) is 3.86. The zero-order chi connectivity index (χ0) is 9.26. The summed E-state index contributed by atoms with van der Waals surface area (Å²) in [5, 5.41) is 3.75. The molecule has 3 unspecified atom stereocenters. The molecule has 0 radical (unpaired) electrons. The lowest BCUT2D eigenvalue weighted by Gasteiger charge is -2.28. The molecule has 2 aliphatic carbocycles. The van der Waals surface area contributed by atoms with E-state index < -0.39 is 0 Å². The molecule has 3 atom stereocenters. The molecule has 1 nitrogen and oxygen atoms in total. The first kappa shape index (κ1) is 9.51. The molecule has 2 saturated carbocycles. The molecule has 0 aromatic carbocycles. The Bertz CT molecular complexity index is 163. The third-order valence-corrected chi connectivity index (χ3v) is 3.86. The highest BCUT2D eigenvalue weighted by Crippen LogP contribution is 2.35. The van der Waals surface area contributed by atoms with Crippen LogP contribution in [0.5, 0.6) is 0 Å². The molecule has 13 heavy (non-hydrogen) atoms. The van der Waals surface area contributed by atoms with Crippen molar-refractivity contribution in [3.05, 3.63) is 0 Å². The van der Waals surface area contributed by atoms with E-state index in [1.54, 1.807) is 0 Å². The molecule has 0 aliphatic heterocycles. The van der Waals surface area contributed by atoms with Crippen molar-refractivity contribution in [2.75, 3.05) is 0 Å². The lowest BCUT2D eigenvalue weighted by molar-refractivity contribution is 0.264. The van der Waals surface area contributed by atoms with E-state index in [1.807, 2.05) is 0 Å². The molecule has 0 aromatic heterocycles. The Morgan fingerprint density at radius 2 is 2.15 bits per heavy atom. The summed E-state index contributed by atoms with van der Waals surface area (Å²) in [6.45, 7) is 4.67. The fourth-order valence-electron chi connectivity index (χ4n) is 2.56. The van der Waals surface area contributed by atoms with Gasteiger partial charge in [0.1, 0.15) is 0 Å². The maximum atomic E-state index is 3.75. The molecule has 1 heteroatoms. The zero-order valence-corrected chi connectivity index (χ0v) is 9.05. The van der Waals surface area contributed by atoms with Crippen LogP contribution in [0.3, 0.4) is 0 Å². The fraction of sp³-hybridized carbons (Fsp3) is 1.00. The second-order valence-electron chi connectivity index (χ2n) is 5.11. The molecule has 76 valence electrons. The second-order valence-corrected chi connectivity index (χ2v) is 5.11. The normalized spacial score (nSPS) is 35.5. The quantitative estimate of drug-likeness (QED) is 0.687. The molecule has 2 aliphatic rings. The van der Waals surface area contributed by atoms with Gasteiger partial charge in [0.05, 0.1) is 0 Å². The first-order valence-electron chi connectivity index (χ1n) is 6.05. The highest BCUT2D eigenvalue weighted by atomic mass is 15.0. The molecule has 2 rings (SSSR count). The summed E-state index contributed by atoms with van der Waals surface area (Å²) in [7, 11) is 0. The van der Waals surface area contributed by atoms with Crippen molar-refractivity contribution in [2.24, 2.45) is 11.8 Å². The van der Waals surface area contributed by atoms with Crippen LogP contribution in [-0.4, -0.2) is 12.1 Å². The predicted octanol–water partition coefficient (Wildman–Crippen LogP) is 2.95. The highest BCUT2D eigenvalue weighted by Gasteiger charge is 2.36. The van der Waals surface area contributed by atoms with Gasteiger partial charge in [-0.15, -0.1) is 0 Å². The molecule has 0 aromatic rings. The van der Waals surface area contributed by atoms with Gasteiger partial charge in [0, 0.05) is 12.1 Å². The number of nitrogens with one attached hydrogen (secondary N) is 1. The van der Waals surface area contributed by atoms with Crippen LogP contribution in [0.4, 0.5) is 0 Å². The summed E-state index contributed by atoms with van der Waals surface area (Å²) in [5.41, 5.74) is 0. The van der Waals surface area contributed by atoms with Gasteiger partial charge in [-0.25, -0.2) is 0 Å². The smallest absolute Gasteiger partial charge is 0.0101 e. The van der Waals surface area contributed by atoms with Gasteiger partial charge in [0.15, 0.2) is 0 Å². The summed E-state index contributed by atoms with van der Waals surface area (Å²) < 4.78 is 0. The maximum absolute atomic E-state index is 3.75. The minimum Gasteiger partial charge on any atom is -0.311 e. The van der Waals surface area contributed by atoms with Crippen molar-refractivity contribution in [3.63, 3.8) is 0 Å². The minimum atomic E-state index is 0.770. The monoisotopic (exact) mass is 181 g/mol. The standard InChI is InChI=1S/C12H23N/c1-3-11-8-12(11)13-9(2)7-10-5-4-6-10/h9-13H,3-8H2,1-2H3. The fourth-order valence-corrected chi connectivity index (χ4v) is 2.56. The van der Waals surface area contributed by atoms with Crippen LogP contribution in [0.1, 0.15) is 52.4 Å². The summed E-state index contributed by atoms with van der Waals surface area (Å²) in [6, 6.07) is 1.65. The van der Waals surface area contributed by atoms with Gasteiger partial charge in [-0.05, 0) is 31.6 Å². The molecule has 0 heterocycles. The van der Waals surface area contributed by atoms with E-state index in [2.05, 4.69) is 19.2 Å². The summed E-state index contributed by atoms with van der Waals surface area (Å²) in [5.74, 6) is 2.06. The number of hydrogen-bond acceptors (Lipinski definition) is 1. The third kappa shape index (κ3) is 2.46. The number of hydrogen-bond donors (Lipinski definition) is 1. The van der Waals surface area contributed by atoms with Gasteiger partial charge in [0.25, 0.3) is 0 Å². The average Bonchev–Trinajstić information content (AvgIpc) is 2.76. The van der Waals surface area contributed by atoms with Gasteiger partial charge in [0.2, 0.25) is 0 Å². The molecule has 0 amide bonds. The topological polar surface area (TPSA) is 12.0 Å². The van der Waals surface area contributed by atoms with Gasteiger partial charge in [-0.1, -0.05) is 32.6 Å². The number of rotatable bonds is 5. The summed E-state index contributed by atoms with van der Waals surface area (Å²) >= 11 is 0. The Hall–Kier alpha value is -0.0400. The zero-order valence-electron chi connectivity index (χ0n) is 9.05. The Kier molecular flexibility index (Phi) is 2.92. The molecule has 2 fully saturated rings. The van der Waals surface area contributed by atoms with Crippen molar-refractivity contribution in [2.45, 2.75) is 64.5 Å². The van der Waals surface area contributed by atoms with Crippen molar-refractivity contribution >= 4 is 0 Å². The molecule has 0 spiro atoms. The van der Waals surface area contributed by atoms with Crippen molar-refractivity contribution in [1.29, 1.82) is 0 Å². The largest absolute Gasteiger partial charge is 0.311 e. The Morgan fingerprint density at radius 3 is 2.62 bits per heavy atom. The van der Waals surface area contributed by atoms with Crippen LogP contribution in [0.2, 0.25) is 0 Å². The van der Waals surface area contributed by atoms with E-state index in [0.29, 0.717) is 0 Å². The predicted molar refractivity (Wildman–Crippen MR) is 56.7 cm³/mol. The summed E-state index contributed by atoms with van der Waals surface area (Å²) in [4.78, 5) is 0. The SMILES string of the molecule is CCC1CC1NC(C)CC1CCC1. The van der Waals surface area contributed by atoms with E-state index in [4.69, 9.17) is 0 Å². The first-order valence-corrected chi connectivity index (χ1v) is 6.05. The Labute approximate surface area is 82.3 Å². The molecular weight excluding hydrogens is 158 g/mol. The maximum Gasteiger partial charge on any atom is 0.0101 e. The first-order chi connectivity index (χ1) is 6.29. The van der Waals surface area contributed by atoms with E-state index in [9.17, 15) is 0 Å². The molecule has 1 N–H and O–H groups in total. The van der Waals surface area contributed by atoms with Gasteiger partial charge < -0.3 is 5.32 Å². The van der Waals surface area contributed by atoms with Crippen LogP contribution in [0, 0.1) is 11.8 Å².